The van der Waals surface area contributed by atoms with Crippen molar-refractivity contribution in [2.24, 2.45) is 0 Å². The average Bonchev–Trinajstić information content (AvgIpc) is 2.26. The van der Waals surface area contributed by atoms with Crippen LogP contribution in [-0.4, -0.2) is 16.1 Å². The average molecular weight is 201 g/mol. The van der Waals surface area contributed by atoms with E-state index >= 15 is 0 Å². The van der Waals surface area contributed by atoms with Gasteiger partial charge in [0.1, 0.15) is 0 Å². The maximum atomic E-state index is 10.4. The number of carboxylic acids is 1. The van der Waals surface area contributed by atoms with Crippen LogP contribution in [0.3, 0.4) is 0 Å². The standard InChI is InChI=1S/C12H11NO2/c14-12(15)8-7-10-6-5-9-3-1-2-4-11(9)13-10/h1-6H,7-8H2,(H,14,15). The zero-order valence-corrected chi connectivity index (χ0v) is 8.18. The molecule has 0 amide bonds. The number of nitrogens with zero attached hydrogens (tertiary/aromatic N) is 1. The Morgan fingerprint density at radius 1 is 1.20 bits per heavy atom. The van der Waals surface area contributed by atoms with E-state index in [1.165, 1.54) is 0 Å². The molecule has 0 aliphatic rings. The number of hydrogen-bond donors (Lipinski definition) is 1. The molecular weight excluding hydrogens is 190 g/mol. The van der Waals surface area contributed by atoms with Crippen LogP contribution in [0.1, 0.15) is 12.1 Å². The van der Waals surface area contributed by atoms with Gasteiger partial charge in [0.15, 0.2) is 0 Å². The molecule has 0 spiro atoms. The molecule has 1 aromatic carbocycles. The van der Waals surface area contributed by atoms with E-state index in [2.05, 4.69) is 4.98 Å². The van der Waals surface area contributed by atoms with Crippen molar-refractivity contribution in [3.8, 4) is 0 Å². The second kappa shape index (κ2) is 4.09. The van der Waals surface area contributed by atoms with E-state index in [1.54, 1.807) is 0 Å². The third-order valence-electron chi connectivity index (χ3n) is 2.25. The zero-order chi connectivity index (χ0) is 10.7. The molecule has 2 rings (SSSR count). The largest absolute Gasteiger partial charge is 0.481 e. The Labute approximate surface area is 87.4 Å². The highest BCUT2D eigenvalue weighted by molar-refractivity contribution is 5.78. The second-order valence-electron chi connectivity index (χ2n) is 3.39. The third-order valence-corrected chi connectivity index (χ3v) is 2.25. The van der Waals surface area contributed by atoms with Crippen molar-refractivity contribution in [2.45, 2.75) is 12.8 Å². The minimum absolute atomic E-state index is 0.130. The highest BCUT2D eigenvalue weighted by Gasteiger charge is 2.01. The summed E-state index contributed by atoms with van der Waals surface area (Å²) in [5.41, 5.74) is 1.75. The number of carboxylic acid groups (broad SMARTS) is 1. The van der Waals surface area contributed by atoms with Crippen LogP contribution >= 0.6 is 0 Å². The Morgan fingerprint density at radius 2 is 2.00 bits per heavy atom. The number of carbonyl (C=O) groups is 1. The van der Waals surface area contributed by atoms with Crippen molar-refractivity contribution in [1.82, 2.24) is 4.98 Å². The fraction of sp³-hybridized carbons (Fsp3) is 0.167. The number of fused-ring (bicyclic) bond motifs is 1. The van der Waals surface area contributed by atoms with Crippen LogP contribution in [0, 0.1) is 0 Å². The van der Waals surface area contributed by atoms with Crippen LogP contribution in [0.25, 0.3) is 10.9 Å². The lowest BCUT2D eigenvalue weighted by atomic mass is 10.1. The summed E-state index contributed by atoms with van der Waals surface area (Å²) in [7, 11) is 0. The first kappa shape index (κ1) is 9.65. The molecule has 3 heteroatoms. The summed E-state index contributed by atoms with van der Waals surface area (Å²) in [6.07, 6.45) is 0.617. The molecular formula is C12H11NO2. The van der Waals surface area contributed by atoms with Crippen LogP contribution in [0.5, 0.6) is 0 Å². The summed E-state index contributed by atoms with van der Waals surface area (Å²) in [6.45, 7) is 0. The number of aliphatic carboxylic acids is 1. The molecule has 0 saturated carbocycles. The Kier molecular flexibility index (Phi) is 2.63. The molecule has 3 nitrogen and oxygen atoms in total. The molecule has 0 aliphatic carbocycles. The smallest absolute Gasteiger partial charge is 0.303 e. The number of hydrogen-bond acceptors (Lipinski definition) is 2. The van der Waals surface area contributed by atoms with Gasteiger partial charge in [-0.1, -0.05) is 24.3 Å². The van der Waals surface area contributed by atoms with E-state index in [1.807, 2.05) is 36.4 Å². The SMILES string of the molecule is O=C(O)CCc1ccc2ccccc2n1. The Hall–Kier alpha value is -1.90. The number of para-hydroxylation sites is 1. The lowest BCUT2D eigenvalue weighted by molar-refractivity contribution is -0.136. The molecule has 1 N–H and O–H groups in total. The molecule has 0 atom stereocenters. The zero-order valence-electron chi connectivity index (χ0n) is 8.18. The number of pyridine rings is 1. The molecule has 0 radical (unpaired) electrons. The summed E-state index contributed by atoms with van der Waals surface area (Å²) in [5.74, 6) is -0.787. The van der Waals surface area contributed by atoms with E-state index < -0.39 is 5.97 Å². The van der Waals surface area contributed by atoms with Crippen molar-refractivity contribution < 1.29 is 9.90 Å². The molecule has 15 heavy (non-hydrogen) atoms. The summed E-state index contributed by atoms with van der Waals surface area (Å²) in [5, 5.41) is 9.64. The summed E-state index contributed by atoms with van der Waals surface area (Å²) in [6, 6.07) is 11.7. The first-order chi connectivity index (χ1) is 7.25. The van der Waals surface area contributed by atoms with Crippen molar-refractivity contribution in [1.29, 1.82) is 0 Å². The van der Waals surface area contributed by atoms with Crippen LogP contribution in [-0.2, 0) is 11.2 Å². The maximum absolute atomic E-state index is 10.4. The molecule has 1 aromatic heterocycles. The van der Waals surface area contributed by atoms with Gasteiger partial charge in [0.05, 0.1) is 11.9 Å². The third kappa shape index (κ3) is 2.31. The second-order valence-corrected chi connectivity index (χ2v) is 3.39. The maximum Gasteiger partial charge on any atom is 0.303 e. The molecule has 0 aliphatic heterocycles. The minimum atomic E-state index is -0.787. The molecule has 0 unspecified atom stereocenters. The molecule has 0 fully saturated rings. The van der Waals surface area contributed by atoms with Crippen LogP contribution in [0.2, 0.25) is 0 Å². The highest BCUT2D eigenvalue weighted by atomic mass is 16.4. The summed E-state index contributed by atoms with van der Waals surface area (Å²) >= 11 is 0. The van der Waals surface area contributed by atoms with Gasteiger partial charge in [0.25, 0.3) is 0 Å². The Morgan fingerprint density at radius 3 is 2.80 bits per heavy atom. The Bertz CT molecular complexity index is 494. The molecule has 76 valence electrons. The number of aromatic nitrogens is 1. The quantitative estimate of drug-likeness (QED) is 0.828. The predicted molar refractivity (Wildman–Crippen MR) is 57.7 cm³/mol. The lowest BCUT2D eigenvalue weighted by Crippen LogP contribution is -1.99. The predicted octanol–water partition coefficient (Wildman–Crippen LogP) is 2.25. The van der Waals surface area contributed by atoms with E-state index in [0.29, 0.717) is 6.42 Å². The van der Waals surface area contributed by atoms with Crippen molar-refractivity contribution in [2.75, 3.05) is 0 Å². The van der Waals surface area contributed by atoms with E-state index in [-0.39, 0.29) is 6.42 Å². The monoisotopic (exact) mass is 201 g/mol. The van der Waals surface area contributed by atoms with Gasteiger partial charge in [-0.25, -0.2) is 0 Å². The molecule has 1 heterocycles. The van der Waals surface area contributed by atoms with Crippen LogP contribution in [0.4, 0.5) is 0 Å². The van der Waals surface area contributed by atoms with E-state index in [0.717, 1.165) is 16.6 Å². The van der Waals surface area contributed by atoms with Crippen molar-refractivity contribution in [3.63, 3.8) is 0 Å². The van der Waals surface area contributed by atoms with Crippen LogP contribution < -0.4 is 0 Å². The molecule has 2 aromatic rings. The van der Waals surface area contributed by atoms with Gasteiger partial charge in [-0.05, 0) is 12.1 Å². The van der Waals surface area contributed by atoms with Gasteiger partial charge >= 0.3 is 5.97 Å². The lowest BCUT2D eigenvalue weighted by Gasteiger charge is -2.00. The number of rotatable bonds is 3. The normalized spacial score (nSPS) is 10.4. The number of benzene rings is 1. The Balaban J connectivity index is 2.26. The van der Waals surface area contributed by atoms with Gasteiger partial charge in [-0.15, -0.1) is 0 Å². The fourth-order valence-electron chi connectivity index (χ4n) is 1.48. The van der Waals surface area contributed by atoms with Gasteiger partial charge in [-0.3, -0.25) is 9.78 Å². The highest BCUT2D eigenvalue weighted by Crippen LogP contribution is 2.12. The fourth-order valence-corrected chi connectivity index (χ4v) is 1.48. The van der Waals surface area contributed by atoms with Crippen LogP contribution in [0.15, 0.2) is 36.4 Å². The minimum Gasteiger partial charge on any atom is -0.481 e. The van der Waals surface area contributed by atoms with E-state index in [9.17, 15) is 4.79 Å². The van der Waals surface area contributed by atoms with Gasteiger partial charge in [0, 0.05) is 17.5 Å². The first-order valence-corrected chi connectivity index (χ1v) is 4.82. The van der Waals surface area contributed by atoms with Gasteiger partial charge in [-0.2, -0.15) is 0 Å². The number of aryl methyl sites for hydroxylation is 1. The first-order valence-electron chi connectivity index (χ1n) is 4.82. The summed E-state index contributed by atoms with van der Waals surface area (Å²) < 4.78 is 0. The van der Waals surface area contributed by atoms with Crippen molar-refractivity contribution >= 4 is 16.9 Å². The summed E-state index contributed by atoms with van der Waals surface area (Å²) in [4.78, 5) is 14.8. The molecule has 0 saturated heterocycles. The van der Waals surface area contributed by atoms with Crippen molar-refractivity contribution in [3.05, 3.63) is 42.1 Å². The molecule has 0 bridgehead atoms. The van der Waals surface area contributed by atoms with Gasteiger partial charge < -0.3 is 5.11 Å². The topological polar surface area (TPSA) is 50.2 Å². The van der Waals surface area contributed by atoms with E-state index in [4.69, 9.17) is 5.11 Å². The van der Waals surface area contributed by atoms with Gasteiger partial charge in [0.2, 0.25) is 0 Å².